The lowest BCUT2D eigenvalue weighted by molar-refractivity contribution is 0.659. The highest BCUT2D eigenvalue weighted by atomic mass is 15.1. The van der Waals surface area contributed by atoms with E-state index in [1.165, 1.54) is 6.42 Å². The molecule has 1 aliphatic heterocycles. The number of nitrogens with two attached hydrogens (primary N) is 1. The molecule has 1 atom stereocenters. The van der Waals surface area contributed by atoms with Crippen LogP contribution in [0, 0.1) is 17.2 Å². The van der Waals surface area contributed by atoms with Crippen molar-refractivity contribution in [1.29, 1.82) is 5.26 Å². The van der Waals surface area contributed by atoms with E-state index in [0.29, 0.717) is 11.3 Å². The zero-order chi connectivity index (χ0) is 10.8. The summed E-state index contributed by atoms with van der Waals surface area (Å²) >= 11 is 0. The van der Waals surface area contributed by atoms with Gasteiger partial charge in [0.25, 0.3) is 0 Å². The highest BCUT2D eigenvalue weighted by Crippen LogP contribution is 2.26. The van der Waals surface area contributed by atoms with Crippen LogP contribution in [0.25, 0.3) is 0 Å². The van der Waals surface area contributed by atoms with Crippen LogP contribution < -0.4 is 10.6 Å². The van der Waals surface area contributed by atoms with Gasteiger partial charge in [-0.2, -0.15) is 5.26 Å². The molecule has 3 heteroatoms. The third-order valence-corrected chi connectivity index (χ3v) is 2.95. The number of hydrogen-bond donors (Lipinski definition) is 1. The van der Waals surface area contributed by atoms with Crippen molar-refractivity contribution in [2.75, 3.05) is 23.7 Å². The first-order valence-electron chi connectivity index (χ1n) is 5.25. The topological polar surface area (TPSA) is 53.0 Å². The van der Waals surface area contributed by atoms with Gasteiger partial charge in [0.1, 0.15) is 6.07 Å². The van der Waals surface area contributed by atoms with Crippen LogP contribution in [0.2, 0.25) is 0 Å². The largest absolute Gasteiger partial charge is 0.398 e. The fourth-order valence-corrected chi connectivity index (χ4v) is 2.01. The summed E-state index contributed by atoms with van der Waals surface area (Å²) in [6, 6.07) is 7.81. The van der Waals surface area contributed by atoms with Gasteiger partial charge in [-0.15, -0.1) is 0 Å². The standard InChI is InChI=1S/C12H15N3/c1-9-4-5-15(8-9)11-2-3-12(14)10(6-11)7-13/h2-3,6,9H,4-5,8,14H2,1H3/t9-/m1/s1. The molecule has 1 heterocycles. The second-order valence-electron chi connectivity index (χ2n) is 4.22. The van der Waals surface area contributed by atoms with Gasteiger partial charge in [-0.1, -0.05) is 6.92 Å². The van der Waals surface area contributed by atoms with Crippen molar-refractivity contribution < 1.29 is 0 Å². The number of hydrogen-bond acceptors (Lipinski definition) is 3. The molecule has 1 aromatic carbocycles. The molecule has 0 bridgehead atoms. The molecule has 2 rings (SSSR count). The van der Waals surface area contributed by atoms with Gasteiger partial charge in [-0.25, -0.2) is 0 Å². The van der Waals surface area contributed by atoms with Crippen molar-refractivity contribution >= 4 is 11.4 Å². The van der Waals surface area contributed by atoms with E-state index in [9.17, 15) is 0 Å². The molecule has 0 saturated carbocycles. The van der Waals surface area contributed by atoms with Crippen LogP contribution in [-0.4, -0.2) is 13.1 Å². The van der Waals surface area contributed by atoms with E-state index in [1.54, 1.807) is 0 Å². The van der Waals surface area contributed by atoms with Crippen molar-refractivity contribution in [2.24, 2.45) is 5.92 Å². The molecule has 0 aliphatic carbocycles. The van der Waals surface area contributed by atoms with Gasteiger partial charge in [0.05, 0.1) is 5.56 Å². The number of nitriles is 1. The lowest BCUT2D eigenvalue weighted by Crippen LogP contribution is -2.19. The van der Waals surface area contributed by atoms with E-state index in [1.807, 2.05) is 18.2 Å². The van der Waals surface area contributed by atoms with Crippen LogP contribution >= 0.6 is 0 Å². The minimum Gasteiger partial charge on any atom is -0.398 e. The average molecular weight is 201 g/mol. The summed E-state index contributed by atoms with van der Waals surface area (Å²) in [5, 5.41) is 8.89. The van der Waals surface area contributed by atoms with Gasteiger partial charge in [-0.05, 0) is 30.5 Å². The van der Waals surface area contributed by atoms with E-state index >= 15 is 0 Å². The van der Waals surface area contributed by atoms with E-state index < -0.39 is 0 Å². The Labute approximate surface area is 90.1 Å². The number of nitrogens with zero attached hydrogens (tertiary/aromatic N) is 2. The fourth-order valence-electron chi connectivity index (χ4n) is 2.01. The quantitative estimate of drug-likeness (QED) is 0.707. The SMILES string of the molecule is C[C@@H]1CCN(c2ccc(N)c(C#N)c2)C1. The minimum absolute atomic E-state index is 0.563. The number of anilines is 2. The molecule has 78 valence electrons. The Balaban J connectivity index is 2.26. The maximum absolute atomic E-state index is 8.89. The summed E-state index contributed by atoms with van der Waals surface area (Å²) in [5.41, 5.74) is 7.94. The Morgan fingerprint density at radius 1 is 1.53 bits per heavy atom. The molecule has 0 unspecified atom stereocenters. The second-order valence-corrected chi connectivity index (χ2v) is 4.22. The lowest BCUT2D eigenvalue weighted by Gasteiger charge is -2.18. The average Bonchev–Trinajstić information content (AvgIpc) is 2.66. The minimum atomic E-state index is 0.563. The predicted octanol–water partition coefficient (Wildman–Crippen LogP) is 1.99. The van der Waals surface area contributed by atoms with Crippen LogP contribution in [0.4, 0.5) is 11.4 Å². The normalized spacial score (nSPS) is 20.3. The Morgan fingerprint density at radius 3 is 2.93 bits per heavy atom. The van der Waals surface area contributed by atoms with Gasteiger partial charge >= 0.3 is 0 Å². The van der Waals surface area contributed by atoms with Gasteiger partial charge in [-0.3, -0.25) is 0 Å². The van der Waals surface area contributed by atoms with Gasteiger partial charge in [0.2, 0.25) is 0 Å². The molecule has 1 fully saturated rings. The molecule has 3 nitrogen and oxygen atoms in total. The number of nitrogen functional groups attached to an aromatic ring is 1. The summed E-state index contributed by atoms with van der Waals surface area (Å²) < 4.78 is 0. The van der Waals surface area contributed by atoms with Crippen LogP contribution in [0.5, 0.6) is 0 Å². The summed E-state index contributed by atoms with van der Waals surface area (Å²) in [4.78, 5) is 2.31. The predicted molar refractivity (Wildman–Crippen MR) is 61.6 cm³/mol. The van der Waals surface area contributed by atoms with Crippen molar-refractivity contribution in [1.82, 2.24) is 0 Å². The van der Waals surface area contributed by atoms with E-state index in [0.717, 1.165) is 24.7 Å². The molecule has 2 N–H and O–H groups in total. The van der Waals surface area contributed by atoms with Crippen molar-refractivity contribution in [3.8, 4) is 6.07 Å². The maximum Gasteiger partial charge on any atom is 0.101 e. The van der Waals surface area contributed by atoms with Crippen LogP contribution in [0.3, 0.4) is 0 Å². The molecule has 0 amide bonds. The van der Waals surface area contributed by atoms with Gasteiger partial charge in [0, 0.05) is 24.5 Å². The van der Waals surface area contributed by atoms with E-state index in [4.69, 9.17) is 11.0 Å². The number of rotatable bonds is 1. The molecule has 1 aromatic rings. The highest BCUT2D eigenvalue weighted by molar-refractivity contribution is 5.63. The summed E-state index contributed by atoms with van der Waals surface area (Å²) in [5.74, 6) is 0.744. The molecule has 1 aliphatic rings. The van der Waals surface area contributed by atoms with Crippen molar-refractivity contribution in [3.05, 3.63) is 23.8 Å². The van der Waals surface area contributed by atoms with Crippen molar-refractivity contribution in [3.63, 3.8) is 0 Å². The number of benzene rings is 1. The molecule has 0 radical (unpaired) electrons. The summed E-state index contributed by atoms with van der Waals surface area (Å²) in [7, 11) is 0. The molecule has 1 saturated heterocycles. The summed E-state index contributed by atoms with van der Waals surface area (Å²) in [6.45, 7) is 4.41. The molecular weight excluding hydrogens is 186 g/mol. The first-order valence-corrected chi connectivity index (χ1v) is 5.25. The zero-order valence-electron chi connectivity index (χ0n) is 8.90. The first-order chi connectivity index (χ1) is 7.20. The Kier molecular flexibility index (Phi) is 2.51. The zero-order valence-corrected chi connectivity index (χ0v) is 8.90. The molecule has 0 spiro atoms. The van der Waals surface area contributed by atoms with Crippen LogP contribution in [0.1, 0.15) is 18.9 Å². The van der Waals surface area contributed by atoms with E-state index in [-0.39, 0.29) is 0 Å². The van der Waals surface area contributed by atoms with Gasteiger partial charge in [0.15, 0.2) is 0 Å². The molecule has 15 heavy (non-hydrogen) atoms. The Bertz CT molecular complexity index is 406. The highest BCUT2D eigenvalue weighted by Gasteiger charge is 2.19. The fraction of sp³-hybridized carbons (Fsp3) is 0.417. The smallest absolute Gasteiger partial charge is 0.101 e. The monoisotopic (exact) mass is 201 g/mol. The lowest BCUT2D eigenvalue weighted by atomic mass is 10.1. The molecular formula is C12H15N3. The first kappa shape index (κ1) is 9.85. The third-order valence-electron chi connectivity index (χ3n) is 2.95. The van der Waals surface area contributed by atoms with Gasteiger partial charge < -0.3 is 10.6 Å². The van der Waals surface area contributed by atoms with Crippen molar-refractivity contribution in [2.45, 2.75) is 13.3 Å². The Morgan fingerprint density at radius 2 is 2.33 bits per heavy atom. The third kappa shape index (κ3) is 1.89. The van der Waals surface area contributed by atoms with Crippen LogP contribution in [-0.2, 0) is 0 Å². The summed E-state index contributed by atoms with van der Waals surface area (Å²) in [6.07, 6.45) is 1.23. The second kappa shape index (κ2) is 3.82. The Hall–Kier alpha value is -1.69. The van der Waals surface area contributed by atoms with E-state index in [2.05, 4.69) is 17.9 Å². The molecule has 0 aromatic heterocycles. The maximum atomic E-state index is 8.89. The van der Waals surface area contributed by atoms with Crippen LogP contribution in [0.15, 0.2) is 18.2 Å².